The maximum absolute atomic E-state index is 12.2. The maximum atomic E-state index is 12.2. The number of anilines is 2. The number of nitrogens with zero attached hydrogens (tertiary/aromatic N) is 2. The van der Waals surface area contributed by atoms with Crippen LogP contribution in [0.4, 0.5) is 24.7 Å². The van der Waals surface area contributed by atoms with Crippen molar-refractivity contribution in [1.82, 2.24) is 9.97 Å². The van der Waals surface area contributed by atoms with E-state index in [-0.39, 0.29) is 16.6 Å². The Kier molecular flexibility index (Phi) is 5.41. The standard InChI is InChI=1S/C18H16F3N3O3S/c1-28(25,26)15-8-2-12(3-9-15)16-10-17(23-11-22-16)24-13-4-6-14(7-5-13)27-18(19,20)21/h2,4-12H,3H2,1H3,(H,22,23,24)/t12-/m1/s1. The van der Waals surface area contributed by atoms with Crippen LogP contribution in [0.25, 0.3) is 0 Å². The molecule has 0 spiro atoms. The normalized spacial score (nSPS) is 17.1. The number of ether oxygens (including phenoxy) is 1. The number of nitrogens with one attached hydrogen (secondary N) is 1. The van der Waals surface area contributed by atoms with Crippen LogP contribution in [0.2, 0.25) is 0 Å². The monoisotopic (exact) mass is 411 g/mol. The molecule has 1 aromatic heterocycles. The Balaban J connectivity index is 1.69. The highest BCUT2D eigenvalue weighted by Crippen LogP contribution is 2.29. The van der Waals surface area contributed by atoms with Crippen molar-refractivity contribution in [2.24, 2.45) is 0 Å². The zero-order valence-electron chi connectivity index (χ0n) is 14.6. The van der Waals surface area contributed by atoms with Crippen LogP contribution in [-0.2, 0) is 9.84 Å². The van der Waals surface area contributed by atoms with E-state index < -0.39 is 16.2 Å². The number of rotatable bonds is 5. The summed E-state index contributed by atoms with van der Waals surface area (Å²) < 4.78 is 63.6. The van der Waals surface area contributed by atoms with E-state index in [1.165, 1.54) is 30.6 Å². The van der Waals surface area contributed by atoms with Gasteiger partial charge in [-0.3, -0.25) is 0 Å². The molecule has 0 unspecified atom stereocenters. The molecule has 1 aliphatic carbocycles. The highest BCUT2D eigenvalue weighted by atomic mass is 32.2. The number of benzene rings is 1. The van der Waals surface area contributed by atoms with Crippen molar-refractivity contribution in [3.05, 3.63) is 65.5 Å². The number of hydrogen-bond acceptors (Lipinski definition) is 6. The summed E-state index contributed by atoms with van der Waals surface area (Å²) in [5, 5.41) is 2.98. The molecule has 2 aromatic rings. The second-order valence-electron chi connectivity index (χ2n) is 6.11. The predicted octanol–water partition coefficient (Wildman–Crippen LogP) is 4.09. The summed E-state index contributed by atoms with van der Waals surface area (Å²) in [5.41, 5.74) is 1.21. The number of allylic oxidation sites excluding steroid dienone is 3. The molecule has 0 saturated heterocycles. The van der Waals surface area contributed by atoms with E-state index in [4.69, 9.17) is 0 Å². The van der Waals surface area contributed by atoms with E-state index in [2.05, 4.69) is 20.0 Å². The first-order valence-corrected chi connectivity index (χ1v) is 10.0. The first kappa shape index (κ1) is 19.9. The largest absolute Gasteiger partial charge is 0.573 e. The fourth-order valence-electron chi connectivity index (χ4n) is 2.63. The summed E-state index contributed by atoms with van der Waals surface area (Å²) in [7, 11) is -3.25. The van der Waals surface area contributed by atoms with Crippen molar-refractivity contribution < 1.29 is 26.3 Å². The summed E-state index contributed by atoms with van der Waals surface area (Å²) in [6.45, 7) is 0. The van der Waals surface area contributed by atoms with Crippen LogP contribution in [-0.4, -0.2) is 31.0 Å². The van der Waals surface area contributed by atoms with E-state index in [9.17, 15) is 21.6 Å². The molecule has 1 N–H and O–H groups in total. The van der Waals surface area contributed by atoms with E-state index >= 15 is 0 Å². The summed E-state index contributed by atoms with van der Waals surface area (Å²) >= 11 is 0. The molecule has 28 heavy (non-hydrogen) atoms. The number of sulfone groups is 1. The number of aromatic nitrogens is 2. The maximum Gasteiger partial charge on any atom is 0.573 e. The van der Waals surface area contributed by atoms with Gasteiger partial charge < -0.3 is 10.1 Å². The lowest BCUT2D eigenvalue weighted by Crippen LogP contribution is -2.16. The van der Waals surface area contributed by atoms with Crippen LogP contribution in [0.3, 0.4) is 0 Å². The van der Waals surface area contributed by atoms with E-state index in [1.807, 2.05) is 0 Å². The zero-order valence-corrected chi connectivity index (χ0v) is 15.5. The second kappa shape index (κ2) is 7.63. The third kappa shape index (κ3) is 5.32. The topological polar surface area (TPSA) is 81.2 Å². The van der Waals surface area contributed by atoms with Gasteiger partial charge in [0.15, 0.2) is 9.84 Å². The highest BCUT2D eigenvalue weighted by molar-refractivity contribution is 7.94. The Morgan fingerprint density at radius 3 is 2.46 bits per heavy atom. The van der Waals surface area contributed by atoms with Crippen molar-refractivity contribution in [3.8, 4) is 5.75 Å². The Bertz CT molecular complexity index is 1020. The van der Waals surface area contributed by atoms with Crippen molar-refractivity contribution in [2.75, 3.05) is 11.6 Å². The van der Waals surface area contributed by atoms with Crippen molar-refractivity contribution in [2.45, 2.75) is 18.7 Å². The van der Waals surface area contributed by atoms with Crippen molar-refractivity contribution >= 4 is 21.3 Å². The van der Waals surface area contributed by atoms with Crippen LogP contribution >= 0.6 is 0 Å². The van der Waals surface area contributed by atoms with Crippen LogP contribution in [0.5, 0.6) is 5.75 Å². The Morgan fingerprint density at radius 2 is 1.89 bits per heavy atom. The van der Waals surface area contributed by atoms with Gasteiger partial charge in [0.05, 0.1) is 10.6 Å². The fraction of sp³-hybridized carbons (Fsp3) is 0.222. The first-order valence-electron chi connectivity index (χ1n) is 8.13. The molecular weight excluding hydrogens is 395 g/mol. The van der Waals surface area contributed by atoms with Gasteiger partial charge in [-0.05, 0) is 36.8 Å². The van der Waals surface area contributed by atoms with Gasteiger partial charge in [-0.2, -0.15) is 0 Å². The molecule has 10 heteroatoms. The van der Waals surface area contributed by atoms with Gasteiger partial charge in [0.25, 0.3) is 0 Å². The molecule has 1 heterocycles. The molecule has 0 aliphatic heterocycles. The SMILES string of the molecule is CS(=O)(=O)C1=CC[C@H](c2cc(Nc3ccc(OC(F)(F)F)cc3)ncn2)C=C1. The van der Waals surface area contributed by atoms with Gasteiger partial charge in [0, 0.05) is 23.9 Å². The minimum atomic E-state index is -4.74. The van der Waals surface area contributed by atoms with Crippen LogP contribution < -0.4 is 10.1 Å². The van der Waals surface area contributed by atoms with E-state index in [0.717, 1.165) is 6.26 Å². The molecule has 0 radical (unpaired) electrons. The molecule has 1 aliphatic rings. The smallest absolute Gasteiger partial charge is 0.406 e. The molecule has 0 saturated carbocycles. The van der Waals surface area contributed by atoms with Crippen LogP contribution in [0.15, 0.2) is 59.8 Å². The highest BCUT2D eigenvalue weighted by Gasteiger charge is 2.30. The molecule has 1 atom stereocenters. The van der Waals surface area contributed by atoms with Gasteiger partial charge in [0.1, 0.15) is 17.9 Å². The van der Waals surface area contributed by atoms with Crippen molar-refractivity contribution in [1.29, 1.82) is 0 Å². The third-order valence-electron chi connectivity index (χ3n) is 3.92. The Morgan fingerprint density at radius 1 is 1.18 bits per heavy atom. The Labute approximate surface area is 159 Å². The molecular formula is C18H16F3N3O3S. The van der Waals surface area contributed by atoms with Gasteiger partial charge in [-0.15, -0.1) is 13.2 Å². The summed E-state index contributed by atoms with van der Waals surface area (Å²) in [6.07, 6.45) is 3.23. The summed E-state index contributed by atoms with van der Waals surface area (Å²) in [4.78, 5) is 8.59. The van der Waals surface area contributed by atoms with Gasteiger partial charge in [-0.1, -0.05) is 12.2 Å². The number of hydrogen-bond donors (Lipinski definition) is 1. The summed E-state index contributed by atoms with van der Waals surface area (Å²) in [6, 6.07) is 6.96. The third-order valence-corrected chi connectivity index (χ3v) is 5.08. The van der Waals surface area contributed by atoms with Gasteiger partial charge in [0.2, 0.25) is 0 Å². The van der Waals surface area contributed by atoms with Crippen LogP contribution in [0, 0.1) is 0 Å². The minimum Gasteiger partial charge on any atom is -0.406 e. The van der Waals surface area contributed by atoms with Crippen LogP contribution in [0.1, 0.15) is 18.0 Å². The molecule has 1 aromatic carbocycles. The lowest BCUT2D eigenvalue weighted by atomic mass is 9.97. The molecule has 6 nitrogen and oxygen atoms in total. The lowest BCUT2D eigenvalue weighted by Gasteiger charge is -2.16. The second-order valence-corrected chi connectivity index (χ2v) is 8.12. The molecule has 148 valence electrons. The zero-order chi connectivity index (χ0) is 20.4. The average Bonchev–Trinajstić information content (AvgIpc) is 2.62. The first-order chi connectivity index (χ1) is 13.1. The molecule has 0 bridgehead atoms. The molecule has 3 rings (SSSR count). The predicted molar refractivity (Wildman–Crippen MR) is 97.9 cm³/mol. The van der Waals surface area contributed by atoms with E-state index in [1.54, 1.807) is 24.3 Å². The minimum absolute atomic E-state index is 0.100. The average molecular weight is 411 g/mol. The summed E-state index contributed by atoms with van der Waals surface area (Å²) in [5.74, 6) is 0.0413. The quantitative estimate of drug-likeness (QED) is 0.798. The van der Waals surface area contributed by atoms with E-state index in [0.29, 0.717) is 23.6 Å². The molecule has 0 fully saturated rings. The fourth-order valence-corrected chi connectivity index (χ4v) is 3.35. The number of halogens is 3. The van der Waals surface area contributed by atoms with Crippen molar-refractivity contribution in [3.63, 3.8) is 0 Å². The molecule has 0 amide bonds. The Hall–Kier alpha value is -2.88. The number of alkyl halides is 3. The lowest BCUT2D eigenvalue weighted by molar-refractivity contribution is -0.274. The van der Waals surface area contributed by atoms with Gasteiger partial charge >= 0.3 is 6.36 Å². The van der Waals surface area contributed by atoms with Gasteiger partial charge in [-0.25, -0.2) is 18.4 Å².